The van der Waals surface area contributed by atoms with Gasteiger partial charge >= 0.3 is 0 Å². The quantitative estimate of drug-likeness (QED) is 0.542. The van der Waals surface area contributed by atoms with Crippen molar-refractivity contribution in [3.63, 3.8) is 0 Å². The molecule has 0 saturated carbocycles. The van der Waals surface area contributed by atoms with Gasteiger partial charge in [0.25, 0.3) is 5.91 Å². The van der Waals surface area contributed by atoms with Crippen molar-refractivity contribution in [2.24, 2.45) is 0 Å². The van der Waals surface area contributed by atoms with Gasteiger partial charge in [-0.2, -0.15) is 0 Å². The van der Waals surface area contributed by atoms with Gasteiger partial charge in [0, 0.05) is 6.54 Å². The van der Waals surface area contributed by atoms with Gasteiger partial charge in [0.15, 0.2) is 16.6 Å². The monoisotopic (exact) mass is 461 g/mol. The number of amides is 1. The molecule has 0 saturated heterocycles. The number of para-hydroxylation sites is 2. The van der Waals surface area contributed by atoms with Crippen LogP contribution in [-0.4, -0.2) is 55.7 Å². The molecule has 166 valence electrons. The molecule has 4 rings (SSSR count). The van der Waals surface area contributed by atoms with Crippen molar-refractivity contribution in [2.45, 2.75) is 26.4 Å². The van der Waals surface area contributed by atoms with Gasteiger partial charge in [-0.3, -0.25) is 9.69 Å². The topological polar surface area (TPSA) is 54.9 Å². The highest BCUT2D eigenvalue weighted by Gasteiger charge is 2.33. The van der Waals surface area contributed by atoms with E-state index in [0.29, 0.717) is 23.2 Å². The minimum Gasteiger partial charge on any atom is -0.485 e. The normalized spacial score (nSPS) is 15.1. The molecule has 31 heavy (non-hydrogen) atoms. The number of hydrogen-bond acceptors (Lipinski definition) is 6. The van der Waals surface area contributed by atoms with E-state index >= 15 is 0 Å². The Hall–Kier alpha value is -2.35. The van der Waals surface area contributed by atoms with E-state index in [1.807, 2.05) is 38.4 Å². The summed E-state index contributed by atoms with van der Waals surface area (Å²) in [5.74, 6) is 1.16. The maximum absolute atomic E-state index is 13.5. The number of thiazole rings is 1. The number of rotatable bonds is 6. The molecule has 3 aromatic rings. The third kappa shape index (κ3) is 5.11. The van der Waals surface area contributed by atoms with Gasteiger partial charge in [-0.15, -0.1) is 12.4 Å². The molecule has 1 aromatic heterocycles. The lowest BCUT2D eigenvalue weighted by atomic mass is 10.1. The van der Waals surface area contributed by atoms with E-state index in [9.17, 15) is 4.79 Å². The van der Waals surface area contributed by atoms with Crippen molar-refractivity contribution in [3.05, 3.63) is 47.5 Å². The van der Waals surface area contributed by atoms with Crippen LogP contribution in [0.2, 0.25) is 0 Å². The molecule has 0 aliphatic carbocycles. The summed E-state index contributed by atoms with van der Waals surface area (Å²) in [7, 11) is 4.07. The predicted octanol–water partition coefficient (Wildman–Crippen LogP) is 4.46. The molecule has 0 bridgehead atoms. The van der Waals surface area contributed by atoms with Gasteiger partial charge in [0.05, 0.1) is 10.2 Å². The highest BCUT2D eigenvalue weighted by atomic mass is 35.5. The van der Waals surface area contributed by atoms with E-state index in [1.165, 1.54) is 5.56 Å². The van der Waals surface area contributed by atoms with Gasteiger partial charge in [0.2, 0.25) is 6.10 Å². The molecule has 1 atom stereocenters. The number of aryl methyl sites for hydroxylation is 2. The Morgan fingerprint density at radius 1 is 1.16 bits per heavy atom. The Morgan fingerprint density at radius 3 is 2.65 bits per heavy atom. The molecule has 1 aliphatic rings. The number of carbonyl (C=O) groups excluding carboxylic acids is 1. The average Bonchev–Trinajstić information content (AvgIpc) is 3.14. The lowest BCUT2D eigenvalue weighted by molar-refractivity contribution is -0.127. The third-order valence-corrected chi connectivity index (χ3v) is 6.11. The van der Waals surface area contributed by atoms with Crippen molar-refractivity contribution in [2.75, 3.05) is 38.7 Å². The number of aromatic nitrogens is 1. The average molecular weight is 462 g/mol. The minimum absolute atomic E-state index is 0. The largest absolute Gasteiger partial charge is 0.485 e. The van der Waals surface area contributed by atoms with Gasteiger partial charge in [-0.25, -0.2) is 4.98 Å². The molecule has 0 radical (unpaired) electrons. The van der Waals surface area contributed by atoms with Crippen molar-refractivity contribution in [1.29, 1.82) is 0 Å². The van der Waals surface area contributed by atoms with Crippen LogP contribution in [0.1, 0.15) is 17.5 Å². The fourth-order valence-corrected chi connectivity index (χ4v) is 4.81. The zero-order valence-electron chi connectivity index (χ0n) is 18.3. The third-order valence-electron chi connectivity index (χ3n) is 5.09. The van der Waals surface area contributed by atoms with Crippen LogP contribution in [0.4, 0.5) is 5.13 Å². The molecule has 0 N–H and O–H groups in total. The first-order valence-corrected chi connectivity index (χ1v) is 11.0. The van der Waals surface area contributed by atoms with Crippen LogP contribution in [0.5, 0.6) is 11.5 Å². The first-order valence-electron chi connectivity index (χ1n) is 10.1. The Morgan fingerprint density at radius 2 is 1.90 bits per heavy atom. The summed E-state index contributed by atoms with van der Waals surface area (Å²) in [6.07, 6.45) is 0.158. The highest BCUT2D eigenvalue weighted by molar-refractivity contribution is 7.22. The molecule has 6 nitrogen and oxygen atoms in total. The van der Waals surface area contributed by atoms with E-state index < -0.39 is 6.10 Å². The number of halogens is 1. The molecule has 1 amide bonds. The second-order valence-corrected chi connectivity index (χ2v) is 8.95. The van der Waals surface area contributed by atoms with Crippen molar-refractivity contribution in [3.8, 4) is 11.5 Å². The van der Waals surface area contributed by atoms with E-state index in [0.717, 1.165) is 28.7 Å². The number of hydrogen-bond donors (Lipinski definition) is 0. The van der Waals surface area contributed by atoms with Gasteiger partial charge in [0.1, 0.15) is 6.61 Å². The Bertz CT molecular complexity index is 1070. The van der Waals surface area contributed by atoms with Gasteiger partial charge in [-0.1, -0.05) is 29.5 Å². The molecule has 1 unspecified atom stereocenters. The summed E-state index contributed by atoms with van der Waals surface area (Å²) >= 11 is 1.55. The number of nitrogens with zero attached hydrogens (tertiary/aromatic N) is 3. The van der Waals surface area contributed by atoms with E-state index in [-0.39, 0.29) is 24.9 Å². The Labute approximate surface area is 193 Å². The van der Waals surface area contributed by atoms with Crippen molar-refractivity contribution in [1.82, 2.24) is 9.88 Å². The summed E-state index contributed by atoms with van der Waals surface area (Å²) in [6, 6.07) is 11.7. The molecule has 0 fully saturated rings. The summed E-state index contributed by atoms with van der Waals surface area (Å²) in [4.78, 5) is 22.2. The second-order valence-electron chi connectivity index (χ2n) is 7.94. The van der Waals surface area contributed by atoms with Crippen LogP contribution in [-0.2, 0) is 4.79 Å². The number of ether oxygens (including phenoxy) is 2. The number of carbonyl (C=O) groups is 1. The van der Waals surface area contributed by atoms with Gasteiger partial charge < -0.3 is 14.4 Å². The lowest BCUT2D eigenvalue weighted by Gasteiger charge is -2.29. The van der Waals surface area contributed by atoms with E-state index in [2.05, 4.69) is 30.9 Å². The number of benzene rings is 2. The number of anilines is 1. The fourth-order valence-electron chi connectivity index (χ4n) is 3.63. The first-order chi connectivity index (χ1) is 14.4. The molecule has 2 aromatic carbocycles. The van der Waals surface area contributed by atoms with Crippen LogP contribution in [0.25, 0.3) is 10.2 Å². The molecule has 1 aliphatic heterocycles. The smallest absolute Gasteiger partial charge is 0.273 e. The molecule has 8 heteroatoms. The van der Waals surface area contributed by atoms with Crippen LogP contribution < -0.4 is 14.4 Å². The molecule has 0 spiro atoms. The summed E-state index contributed by atoms with van der Waals surface area (Å²) in [5, 5.41) is 0.713. The van der Waals surface area contributed by atoms with Crippen molar-refractivity contribution >= 4 is 45.0 Å². The molecule has 2 heterocycles. The van der Waals surface area contributed by atoms with E-state index in [1.54, 1.807) is 16.2 Å². The standard InChI is InChI=1S/C23H27N3O3S.ClH/c1-15-12-16(2)21-20(13-15)30-23(24-21)26(11-7-10-25(3)4)22(27)19-14-28-17-8-5-6-9-18(17)29-19;/h5-6,8-9,12-13,19H,7,10-11,14H2,1-4H3;1H. The van der Waals surface area contributed by atoms with Gasteiger partial charge in [-0.05, 0) is 70.2 Å². The van der Waals surface area contributed by atoms with Crippen LogP contribution in [0.3, 0.4) is 0 Å². The summed E-state index contributed by atoms with van der Waals surface area (Å²) < 4.78 is 12.9. The van der Waals surface area contributed by atoms with Crippen LogP contribution in [0, 0.1) is 13.8 Å². The van der Waals surface area contributed by atoms with Crippen LogP contribution in [0.15, 0.2) is 36.4 Å². The van der Waals surface area contributed by atoms with Crippen LogP contribution >= 0.6 is 23.7 Å². The number of fused-ring (bicyclic) bond motifs is 2. The zero-order valence-corrected chi connectivity index (χ0v) is 19.9. The fraction of sp³-hybridized carbons (Fsp3) is 0.391. The highest BCUT2D eigenvalue weighted by Crippen LogP contribution is 2.34. The molecular weight excluding hydrogens is 434 g/mol. The Kier molecular flexibility index (Phi) is 7.41. The first kappa shape index (κ1) is 23.3. The Balaban J connectivity index is 0.00000272. The second kappa shape index (κ2) is 9.85. The van der Waals surface area contributed by atoms with E-state index in [4.69, 9.17) is 14.5 Å². The lowest BCUT2D eigenvalue weighted by Crippen LogP contribution is -2.47. The SMILES string of the molecule is Cc1cc(C)c2nc(N(CCCN(C)C)C(=O)C3COc4ccccc4O3)sc2c1.Cl. The molecular formula is C23H28ClN3O3S. The summed E-state index contributed by atoms with van der Waals surface area (Å²) in [6.45, 7) is 5.81. The van der Waals surface area contributed by atoms with Crippen molar-refractivity contribution < 1.29 is 14.3 Å². The maximum Gasteiger partial charge on any atom is 0.273 e. The predicted molar refractivity (Wildman–Crippen MR) is 128 cm³/mol. The minimum atomic E-state index is -0.686. The summed E-state index contributed by atoms with van der Waals surface area (Å²) in [5.41, 5.74) is 3.28. The maximum atomic E-state index is 13.5. The zero-order chi connectivity index (χ0) is 21.3.